The third kappa shape index (κ3) is 7.20. The average molecular weight is 231 g/mol. The Labute approximate surface area is 103 Å². The van der Waals surface area contributed by atoms with Crippen molar-refractivity contribution in [1.29, 1.82) is 0 Å². The Morgan fingerprint density at radius 2 is 1.25 bits per heavy atom. The molecule has 0 aromatic heterocycles. The van der Waals surface area contributed by atoms with E-state index in [0.29, 0.717) is 12.1 Å². The van der Waals surface area contributed by atoms with E-state index in [9.17, 15) is 0 Å². The van der Waals surface area contributed by atoms with Crippen LogP contribution in [-0.4, -0.2) is 41.9 Å². The van der Waals surface area contributed by atoms with Gasteiger partial charge in [0, 0.05) is 12.1 Å². The first-order valence-corrected chi connectivity index (χ1v) is 6.21. The fourth-order valence-electron chi connectivity index (χ4n) is 1.36. The predicted molar refractivity (Wildman–Crippen MR) is 74.4 cm³/mol. The lowest BCUT2D eigenvalue weighted by Crippen LogP contribution is -2.56. The van der Waals surface area contributed by atoms with Gasteiger partial charge in [-0.15, -0.1) is 0 Å². The van der Waals surface area contributed by atoms with Gasteiger partial charge in [0.25, 0.3) is 0 Å². The highest BCUT2D eigenvalue weighted by atomic mass is 15.4. The highest BCUT2D eigenvalue weighted by Crippen LogP contribution is 2.06. The predicted octanol–water partition coefficient (Wildman–Crippen LogP) is 2.94. The Kier molecular flexibility index (Phi) is 11.5. The molecule has 3 heteroatoms. The maximum atomic E-state index is 3.40. The summed E-state index contributed by atoms with van der Waals surface area (Å²) in [6.45, 7) is 16.4. The van der Waals surface area contributed by atoms with Gasteiger partial charge in [0.2, 0.25) is 0 Å². The molecule has 0 saturated carbocycles. The summed E-state index contributed by atoms with van der Waals surface area (Å²) in [5.74, 6) is 0. The molecule has 0 atom stereocenters. The van der Waals surface area contributed by atoms with Crippen LogP contribution in [0.2, 0.25) is 0 Å². The summed E-state index contributed by atoms with van der Waals surface area (Å²) >= 11 is 0. The first-order valence-electron chi connectivity index (χ1n) is 6.21. The molecule has 1 N–H and O–H groups in total. The minimum absolute atomic E-state index is 0. The van der Waals surface area contributed by atoms with Gasteiger partial charge >= 0.3 is 0 Å². The lowest BCUT2D eigenvalue weighted by atomic mass is 10.3. The fraction of sp³-hybridized carbons (Fsp3) is 1.00. The van der Waals surface area contributed by atoms with Crippen LogP contribution in [0.25, 0.3) is 0 Å². The van der Waals surface area contributed by atoms with E-state index in [1.54, 1.807) is 0 Å². The summed E-state index contributed by atoms with van der Waals surface area (Å²) < 4.78 is 0. The topological polar surface area (TPSA) is 18.5 Å². The van der Waals surface area contributed by atoms with Crippen molar-refractivity contribution in [2.75, 3.05) is 20.0 Å². The van der Waals surface area contributed by atoms with E-state index in [-0.39, 0.29) is 7.43 Å². The summed E-state index contributed by atoms with van der Waals surface area (Å²) in [7, 11) is 0. The monoisotopic (exact) mass is 231 g/mol. The molecule has 0 bridgehead atoms. The zero-order valence-electron chi connectivity index (χ0n) is 11.4. The van der Waals surface area contributed by atoms with Gasteiger partial charge in [0.15, 0.2) is 0 Å². The van der Waals surface area contributed by atoms with Crippen LogP contribution in [0, 0.1) is 0 Å². The van der Waals surface area contributed by atoms with Crippen molar-refractivity contribution in [1.82, 2.24) is 15.1 Å². The van der Waals surface area contributed by atoms with E-state index in [2.05, 4.69) is 56.7 Å². The van der Waals surface area contributed by atoms with Crippen LogP contribution in [0.4, 0.5) is 0 Å². The Morgan fingerprint density at radius 3 is 1.50 bits per heavy atom. The van der Waals surface area contributed by atoms with Gasteiger partial charge in [-0.3, -0.25) is 15.1 Å². The highest BCUT2D eigenvalue weighted by molar-refractivity contribution is 4.70. The molecule has 1 rings (SSSR count). The van der Waals surface area contributed by atoms with Crippen LogP contribution in [0.15, 0.2) is 0 Å². The van der Waals surface area contributed by atoms with Crippen LogP contribution >= 0.6 is 0 Å². The van der Waals surface area contributed by atoms with Crippen molar-refractivity contribution in [2.45, 2.75) is 67.5 Å². The third-order valence-corrected chi connectivity index (χ3v) is 2.45. The van der Waals surface area contributed by atoms with Gasteiger partial charge in [-0.2, -0.15) is 0 Å². The lowest BCUT2D eigenvalue weighted by molar-refractivity contribution is 0.0252. The van der Waals surface area contributed by atoms with Crippen molar-refractivity contribution >= 4 is 0 Å². The zero-order valence-corrected chi connectivity index (χ0v) is 11.4. The van der Waals surface area contributed by atoms with Crippen LogP contribution in [0.1, 0.15) is 55.4 Å². The van der Waals surface area contributed by atoms with E-state index in [4.69, 9.17) is 0 Å². The summed E-state index contributed by atoms with van der Waals surface area (Å²) in [6, 6.07) is 1.28. The first-order chi connectivity index (χ1) is 7.02. The van der Waals surface area contributed by atoms with E-state index in [0.717, 1.165) is 20.0 Å². The summed E-state index contributed by atoms with van der Waals surface area (Å²) in [5, 5.41) is 3.40. The second-order valence-electron chi connectivity index (χ2n) is 4.78. The molecule has 0 aliphatic carbocycles. The van der Waals surface area contributed by atoms with Crippen molar-refractivity contribution in [3.05, 3.63) is 0 Å². The second kappa shape index (κ2) is 10.1. The number of hydrogen-bond donors (Lipinski definition) is 1. The molecule has 0 aromatic carbocycles. The molecule has 100 valence electrons. The van der Waals surface area contributed by atoms with Crippen molar-refractivity contribution < 1.29 is 0 Å². The van der Waals surface area contributed by atoms with E-state index < -0.39 is 0 Å². The smallest absolute Gasteiger partial charge is 0.0535 e. The van der Waals surface area contributed by atoms with Gasteiger partial charge in [-0.05, 0) is 27.7 Å². The maximum Gasteiger partial charge on any atom is 0.0535 e. The molecular formula is C13H33N3. The fourth-order valence-corrected chi connectivity index (χ4v) is 1.36. The quantitative estimate of drug-likeness (QED) is 0.788. The van der Waals surface area contributed by atoms with E-state index in [1.807, 2.05) is 0 Å². The van der Waals surface area contributed by atoms with Crippen LogP contribution < -0.4 is 5.32 Å². The summed E-state index contributed by atoms with van der Waals surface area (Å²) in [5.41, 5.74) is 0. The molecule has 1 aliphatic rings. The minimum atomic E-state index is 0. The van der Waals surface area contributed by atoms with Crippen LogP contribution in [0.5, 0.6) is 0 Å². The molecule has 1 heterocycles. The van der Waals surface area contributed by atoms with Gasteiger partial charge in [0.05, 0.1) is 20.0 Å². The Morgan fingerprint density at radius 1 is 0.938 bits per heavy atom. The van der Waals surface area contributed by atoms with Crippen molar-refractivity contribution in [2.24, 2.45) is 0 Å². The molecule has 3 nitrogen and oxygen atoms in total. The normalized spacial score (nSPS) is 18.0. The largest absolute Gasteiger partial charge is 0.291 e. The molecule has 1 aliphatic heterocycles. The Hall–Kier alpha value is -0.120. The number of nitrogens with zero attached hydrogens (tertiary/aromatic N) is 2. The minimum Gasteiger partial charge on any atom is -0.291 e. The molecule has 1 fully saturated rings. The number of rotatable bonds is 2. The van der Waals surface area contributed by atoms with Gasteiger partial charge < -0.3 is 0 Å². The van der Waals surface area contributed by atoms with Crippen LogP contribution in [0.3, 0.4) is 0 Å². The molecule has 0 spiro atoms. The standard InChI is InChI=1S/C9H21N3.C3H8.CH4/c1-8(2)11-5-10-6-12(7-11)9(3)4;1-3-2;/h8-10H,5-7H2,1-4H3;3H2,1-2H3;1H4. The highest BCUT2D eigenvalue weighted by Gasteiger charge is 2.20. The van der Waals surface area contributed by atoms with Gasteiger partial charge in [-0.1, -0.05) is 27.7 Å². The maximum absolute atomic E-state index is 3.40. The molecule has 0 unspecified atom stereocenters. The van der Waals surface area contributed by atoms with Crippen LogP contribution in [-0.2, 0) is 0 Å². The Bertz CT molecular complexity index is 132. The van der Waals surface area contributed by atoms with Gasteiger partial charge in [-0.25, -0.2) is 0 Å². The molecule has 16 heavy (non-hydrogen) atoms. The average Bonchev–Trinajstić information content (AvgIpc) is 2.19. The summed E-state index contributed by atoms with van der Waals surface area (Å²) in [6.07, 6.45) is 1.25. The molecular weight excluding hydrogens is 198 g/mol. The molecule has 0 aromatic rings. The Balaban J connectivity index is 0. The lowest BCUT2D eigenvalue weighted by Gasteiger charge is -2.40. The molecule has 0 radical (unpaired) electrons. The van der Waals surface area contributed by atoms with E-state index >= 15 is 0 Å². The van der Waals surface area contributed by atoms with Crippen molar-refractivity contribution in [3.8, 4) is 0 Å². The zero-order chi connectivity index (χ0) is 11.8. The summed E-state index contributed by atoms with van der Waals surface area (Å²) in [4.78, 5) is 4.87. The number of hydrogen-bond acceptors (Lipinski definition) is 3. The first kappa shape index (κ1) is 18.3. The van der Waals surface area contributed by atoms with E-state index in [1.165, 1.54) is 6.42 Å². The second-order valence-corrected chi connectivity index (χ2v) is 4.78. The van der Waals surface area contributed by atoms with Crippen molar-refractivity contribution in [3.63, 3.8) is 0 Å². The number of nitrogens with one attached hydrogen (secondary N) is 1. The van der Waals surface area contributed by atoms with Gasteiger partial charge in [0.1, 0.15) is 0 Å². The third-order valence-electron chi connectivity index (χ3n) is 2.45. The SMILES string of the molecule is C.CC(C)N1CNCN(C(C)C)C1.CCC. The molecule has 0 amide bonds. The molecule has 1 saturated heterocycles.